The van der Waals surface area contributed by atoms with Gasteiger partial charge in [0.15, 0.2) is 0 Å². The molecule has 2 aromatic carbocycles. The van der Waals surface area contributed by atoms with E-state index in [2.05, 4.69) is 10.6 Å². The Bertz CT molecular complexity index is 607. The summed E-state index contributed by atoms with van der Waals surface area (Å²) >= 11 is 0. The minimum Gasteiger partial charge on any atom is -0.508 e. The van der Waals surface area contributed by atoms with Gasteiger partial charge in [0.2, 0.25) is 5.91 Å². The Morgan fingerprint density at radius 2 is 1.68 bits per heavy atom. The van der Waals surface area contributed by atoms with Crippen LogP contribution >= 0.6 is 0 Å². The van der Waals surface area contributed by atoms with Crippen molar-refractivity contribution in [3.63, 3.8) is 0 Å². The van der Waals surface area contributed by atoms with Gasteiger partial charge in [0.05, 0.1) is 6.54 Å². The molecule has 0 aromatic heterocycles. The zero-order valence-electron chi connectivity index (χ0n) is 13.0. The third-order valence-corrected chi connectivity index (χ3v) is 3.29. The monoisotopic (exact) mass is 298 g/mol. The van der Waals surface area contributed by atoms with Crippen molar-refractivity contribution in [2.75, 3.05) is 11.9 Å². The van der Waals surface area contributed by atoms with Crippen molar-refractivity contribution in [3.8, 4) is 5.75 Å². The van der Waals surface area contributed by atoms with E-state index in [9.17, 15) is 9.90 Å². The van der Waals surface area contributed by atoms with Gasteiger partial charge in [-0.1, -0.05) is 30.3 Å². The molecule has 0 unspecified atom stereocenters. The number of anilines is 1. The second kappa shape index (κ2) is 6.98. The van der Waals surface area contributed by atoms with Crippen LogP contribution in [0.4, 0.5) is 5.69 Å². The summed E-state index contributed by atoms with van der Waals surface area (Å²) in [6, 6.07) is 16.7. The lowest BCUT2D eigenvalue weighted by Crippen LogP contribution is -2.47. The quantitative estimate of drug-likeness (QED) is 0.768. The SMILES string of the molecule is CC(C)(Cc1ccc(O)cc1)NC(=O)CNc1ccccc1. The first kappa shape index (κ1) is 15.9. The summed E-state index contributed by atoms with van der Waals surface area (Å²) in [6.07, 6.45) is 0.699. The standard InChI is InChI=1S/C18H22N2O2/c1-18(2,12-14-8-10-16(21)11-9-14)20-17(22)13-19-15-6-4-3-5-7-15/h3-11,19,21H,12-13H2,1-2H3,(H,20,22). The average Bonchev–Trinajstić information content (AvgIpc) is 2.48. The molecule has 0 saturated heterocycles. The Hall–Kier alpha value is -2.49. The van der Waals surface area contributed by atoms with Crippen molar-refractivity contribution in [3.05, 3.63) is 60.2 Å². The summed E-state index contributed by atoms with van der Waals surface area (Å²) in [5, 5.41) is 15.4. The Labute approximate surface area is 131 Å². The molecule has 0 spiro atoms. The summed E-state index contributed by atoms with van der Waals surface area (Å²) in [6.45, 7) is 4.21. The highest BCUT2D eigenvalue weighted by Crippen LogP contribution is 2.16. The molecule has 1 amide bonds. The molecule has 3 N–H and O–H groups in total. The van der Waals surface area contributed by atoms with Gasteiger partial charge in [0.1, 0.15) is 5.75 Å². The van der Waals surface area contributed by atoms with Gasteiger partial charge in [0.25, 0.3) is 0 Å². The summed E-state index contributed by atoms with van der Waals surface area (Å²) in [5.41, 5.74) is 1.64. The minimum absolute atomic E-state index is 0.0485. The maximum Gasteiger partial charge on any atom is 0.239 e. The van der Waals surface area contributed by atoms with E-state index in [0.717, 1.165) is 11.3 Å². The van der Waals surface area contributed by atoms with Crippen LogP contribution in [0.15, 0.2) is 54.6 Å². The van der Waals surface area contributed by atoms with Crippen molar-refractivity contribution in [1.82, 2.24) is 5.32 Å². The van der Waals surface area contributed by atoms with Gasteiger partial charge < -0.3 is 15.7 Å². The van der Waals surface area contributed by atoms with Crippen LogP contribution in [0.25, 0.3) is 0 Å². The molecule has 4 nitrogen and oxygen atoms in total. The third-order valence-electron chi connectivity index (χ3n) is 3.29. The zero-order chi connectivity index (χ0) is 16.0. The molecular weight excluding hydrogens is 276 g/mol. The van der Waals surface area contributed by atoms with E-state index in [1.165, 1.54) is 0 Å². The summed E-state index contributed by atoms with van der Waals surface area (Å²) in [7, 11) is 0. The normalized spacial score (nSPS) is 11.0. The molecule has 116 valence electrons. The number of hydrogen-bond acceptors (Lipinski definition) is 3. The molecule has 0 atom stereocenters. The second-order valence-corrected chi connectivity index (χ2v) is 5.99. The Kier molecular flexibility index (Phi) is 5.04. The summed E-state index contributed by atoms with van der Waals surface area (Å²) in [4.78, 5) is 12.1. The fourth-order valence-electron chi connectivity index (χ4n) is 2.33. The van der Waals surface area contributed by atoms with Crippen molar-refractivity contribution in [1.29, 1.82) is 0 Å². The van der Waals surface area contributed by atoms with Crippen LogP contribution in [0.3, 0.4) is 0 Å². The molecule has 2 rings (SSSR count). The van der Waals surface area contributed by atoms with Crippen molar-refractivity contribution < 1.29 is 9.90 Å². The van der Waals surface area contributed by atoms with Gasteiger partial charge in [-0.2, -0.15) is 0 Å². The number of carbonyl (C=O) groups is 1. The second-order valence-electron chi connectivity index (χ2n) is 5.99. The van der Waals surface area contributed by atoms with E-state index in [1.54, 1.807) is 12.1 Å². The van der Waals surface area contributed by atoms with E-state index < -0.39 is 0 Å². The summed E-state index contributed by atoms with van der Waals surface area (Å²) < 4.78 is 0. The van der Waals surface area contributed by atoms with Gasteiger partial charge in [0, 0.05) is 11.2 Å². The number of amides is 1. The number of carbonyl (C=O) groups excluding carboxylic acids is 1. The lowest BCUT2D eigenvalue weighted by Gasteiger charge is -2.26. The molecule has 0 aliphatic heterocycles. The first-order valence-corrected chi connectivity index (χ1v) is 7.32. The lowest BCUT2D eigenvalue weighted by molar-refractivity contribution is -0.120. The first-order chi connectivity index (χ1) is 10.4. The Morgan fingerprint density at radius 1 is 1.05 bits per heavy atom. The first-order valence-electron chi connectivity index (χ1n) is 7.32. The maximum absolute atomic E-state index is 12.1. The van der Waals surface area contributed by atoms with Crippen LogP contribution in [-0.2, 0) is 11.2 Å². The number of hydrogen-bond donors (Lipinski definition) is 3. The van der Waals surface area contributed by atoms with E-state index in [-0.39, 0.29) is 23.7 Å². The van der Waals surface area contributed by atoms with Gasteiger partial charge in [-0.3, -0.25) is 4.79 Å². The van der Waals surface area contributed by atoms with Gasteiger partial charge >= 0.3 is 0 Å². The fraction of sp³-hybridized carbons (Fsp3) is 0.278. The molecule has 0 aliphatic rings. The summed E-state index contributed by atoms with van der Waals surface area (Å²) in [5.74, 6) is 0.199. The van der Waals surface area contributed by atoms with Gasteiger partial charge in [-0.25, -0.2) is 0 Å². The number of phenolic OH excluding ortho intramolecular Hbond substituents is 1. The van der Waals surface area contributed by atoms with E-state index in [1.807, 2.05) is 56.3 Å². The molecule has 0 saturated carbocycles. The Balaban J connectivity index is 1.85. The van der Waals surface area contributed by atoms with Crippen molar-refractivity contribution in [2.24, 2.45) is 0 Å². The molecule has 0 fully saturated rings. The van der Waals surface area contributed by atoms with E-state index in [4.69, 9.17) is 0 Å². The van der Waals surface area contributed by atoms with Crippen LogP contribution < -0.4 is 10.6 Å². The molecular formula is C18H22N2O2. The molecule has 0 radical (unpaired) electrons. The maximum atomic E-state index is 12.1. The number of nitrogens with one attached hydrogen (secondary N) is 2. The molecule has 0 aliphatic carbocycles. The number of rotatable bonds is 6. The van der Waals surface area contributed by atoms with Crippen LogP contribution in [0.5, 0.6) is 5.75 Å². The highest BCUT2D eigenvalue weighted by molar-refractivity contribution is 5.81. The van der Waals surface area contributed by atoms with Gasteiger partial charge in [-0.05, 0) is 50.1 Å². The predicted molar refractivity (Wildman–Crippen MR) is 89.0 cm³/mol. The van der Waals surface area contributed by atoms with Gasteiger partial charge in [-0.15, -0.1) is 0 Å². The highest BCUT2D eigenvalue weighted by Gasteiger charge is 2.20. The highest BCUT2D eigenvalue weighted by atomic mass is 16.3. The smallest absolute Gasteiger partial charge is 0.239 e. The molecule has 2 aromatic rings. The fourth-order valence-corrected chi connectivity index (χ4v) is 2.33. The van der Waals surface area contributed by atoms with Crippen molar-refractivity contribution >= 4 is 11.6 Å². The number of aromatic hydroxyl groups is 1. The van der Waals surface area contributed by atoms with E-state index in [0.29, 0.717) is 6.42 Å². The number of para-hydroxylation sites is 1. The van der Waals surface area contributed by atoms with Crippen LogP contribution in [-0.4, -0.2) is 23.1 Å². The minimum atomic E-state index is -0.355. The Morgan fingerprint density at radius 3 is 2.32 bits per heavy atom. The third kappa shape index (κ3) is 5.13. The molecule has 22 heavy (non-hydrogen) atoms. The predicted octanol–water partition coefficient (Wildman–Crippen LogP) is 2.94. The van der Waals surface area contributed by atoms with Crippen LogP contribution in [0.2, 0.25) is 0 Å². The molecule has 0 heterocycles. The lowest BCUT2D eigenvalue weighted by atomic mass is 9.95. The number of benzene rings is 2. The molecule has 4 heteroatoms. The van der Waals surface area contributed by atoms with Crippen molar-refractivity contribution in [2.45, 2.75) is 25.8 Å². The number of phenols is 1. The molecule has 0 bridgehead atoms. The largest absolute Gasteiger partial charge is 0.508 e. The average molecular weight is 298 g/mol. The van der Waals surface area contributed by atoms with Crippen LogP contribution in [0, 0.1) is 0 Å². The topological polar surface area (TPSA) is 61.4 Å². The zero-order valence-corrected chi connectivity index (χ0v) is 13.0. The van der Waals surface area contributed by atoms with E-state index >= 15 is 0 Å². The van der Waals surface area contributed by atoms with Crippen LogP contribution in [0.1, 0.15) is 19.4 Å².